The minimum atomic E-state index is 0. The van der Waals surface area contributed by atoms with Gasteiger partial charge in [-0.1, -0.05) is 42.2 Å². The van der Waals surface area contributed by atoms with Crippen molar-refractivity contribution in [2.75, 3.05) is 0 Å². The van der Waals surface area contributed by atoms with Gasteiger partial charge >= 0.3 is 48.9 Å². The molecule has 0 heterocycles. The van der Waals surface area contributed by atoms with E-state index >= 15 is 0 Å². The van der Waals surface area contributed by atoms with Crippen LogP contribution in [0.3, 0.4) is 0 Å². The van der Waals surface area contributed by atoms with Crippen LogP contribution in [0.15, 0.2) is 35.2 Å². The van der Waals surface area contributed by atoms with Crippen molar-refractivity contribution in [3.63, 3.8) is 0 Å². The summed E-state index contributed by atoms with van der Waals surface area (Å²) >= 11 is 6.13. The van der Waals surface area contributed by atoms with Crippen LogP contribution in [0.5, 0.6) is 0 Å². The summed E-state index contributed by atoms with van der Waals surface area (Å²) in [7, 11) is 0. The molecule has 56 valence electrons. The van der Waals surface area contributed by atoms with Gasteiger partial charge in [0.2, 0.25) is 0 Å². The van der Waals surface area contributed by atoms with Crippen LogP contribution in [-0.2, 0) is 0 Å². The van der Waals surface area contributed by atoms with E-state index in [2.05, 4.69) is 0 Å². The third-order valence-electron chi connectivity index (χ3n) is 0.962. The molecule has 0 spiro atoms. The van der Waals surface area contributed by atoms with E-state index in [0.29, 0.717) is 4.32 Å². The number of rotatable bonds is 1. The van der Waals surface area contributed by atoms with E-state index in [1.807, 2.05) is 30.3 Å². The summed E-state index contributed by atoms with van der Waals surface area (Å²) in [6.07, 6.45) is 0. The van der Waals surface area contributed by atoms with Gasteiger partial charge in [-0.2, -0.15) is 0 Å². The molecule has 1 aromatic rings. The fraction of sp³-hybridized carbons (Fsp3) is 0. The summed E-state index contributed by atoms with van der Waals surface area (Å²) in [6, 6.07) is 9.83. The molecule has 0 radical (unpaired) electrons. The predicted octanol–water partition coefficient (Wildman–Crippen LogP) is 1.87. The fourth-order valence-electron chi connectivity index (χ4n) is 0.605. The summed E-state index contributed by atoms with van der Waals surface area (Å²) in [4.78, 5) is 1.09. The Bertz CT molecular complexity index is 233. The Morgan fingerprint density at radius 1 is 1.36 bits per heavy atom. The van der Waals surface area contributed by atoms with Gasteiger partial charge < -0.3 is 8.59 Å². The molecule has 0 amide bonds. The molecular weight excluding hydrogens is 300 g/mol. The molecule has 0 bridgehead atoms. The molecule has 0 saturated heterocycles. The van der Waals surface area contributed by atoms with Crippen LogP contribution in [0.4, 0.5) is 0 Å². The number of hydrogen-bond donors (Lipinski definition) is 1. The van der Waals surface area contributed by atoms with E-state index in [1.54, 1.807) is 0 Å². The maximum atomic E-state index is 5.32. The van der Waals surface area contributed by atoms with Crippen molar-refractivity contribution in [3.05, 3.63) is 30.3 Å². The zero-order chi connectivity index (χ0) is 7.40. The number of benzene rings is 1. The molecule has 0 aliphatic rings. The second-order valence-electron chi connectivity index (χ2n) is 1.73. The van der Waals surface area contributed by atoms with Crippen molar-refractivity contribution in [2.45, 2.75) is 4.90 Å². The molecule has 11 heavy (non-hydrogen) atoms. The number of hydrogen-bond acceptors (Lipinski definition) is 2. The van der Waals surface area contributed by atoms with Crippen LogP contribution in [0.2, 0.25) is 0 Å². The summed E-state index contributed by atoms with van der Waals surface area (Å²) in [5.74, 6) is 0. The molecule has 0 atom stereocenters. The maximum Gasteiger partial charge on any atom is 2.00 e. The van der Waals surface area contributed by atoms with Gasteiger partial charge in [0.1, 0.15) is 4.32 Å². The smallest absolute Gasteiger partial charge is 1.00 e. The Morgan fingerprint density at radius 2 is 1.91 bits per heavy atom. The van der Waals surface area contributed by atoms with Gasteiger partial charge in [-0.3, -0.25) is 0 Å². The standard InChI is InChI=1S/C7H7NS2.Ba.2H/c8-7(9)10-6-4-2-1-3-5-6;;;/h1-5H,(H2,8,9);;;/q;+2;2*-1. The quantitative estimate of drug-likeness (QED) is 0.487. The van der Waals surface area contributed by atoms with Gasteiger partial charge in [-0.25, -0.2) is 0 Å². The normalized spacial score (nSPS) is 8.36. The summed E-state index contributed by atoms with van der Waals surface area (Å²) in [5, 5.41) is 0. The predicted molar refractivity (Wildman–Crippen MR) is 57.1 cm³/mol. The molecule has 0 aliphatic heterocycles. The molecule has 0 fully saturated rings. The fourth-order valence-corrected chi connectivity index (χ4v) is 1.42. The van der Waals surface area contributed by atoms with Crippen LogP contribution in [0.1, 0.15) is 2.85 Å². The molecule has 0 aromatic heterocycles. The van der Waals surface area contributed by atoms with Crippen molar-refractivity contribution in [1.82, 2.24) is 0 Å². The molecule has 1 nitrogen and oxygen atoms in total. The third kappa shape index (κ3) is 5.30. The number of nitrogens with two attached hydrogens (primary N) is 1. The Kier molecular flexibility index (Phi) is 7.15. The summed E-state index contributed by atoms with van der Waals surface area (Å²) in [5.41, 5.74) is 5.32. The van der Waals surface area contributed by atoms with E-state index in [4.69, 9.17) is 18.0 Å². The van der Waals surface area contributed by atoms with E-state index in [0.717, 1.165) is 4.90 Å². The van der Waals surface area contributed by atoms with Gasteiger partial charge in [-0.05, 0) is 12.1 Å². The van der Waals surface area contributed by atoms with Crippen LogP contribution in [-0.4, -0.2) is 53.2 Å². The first kappa shape index (κ1) is 12.0. The van der Waals surface area contributed by atoms with E-state index in [9.17, 15) is 0 Å². The van der Waals surface area contributed by atoms with Crippen molar-refractivity contribution < 1.29 is 2.85 Å². The first-order valence-electron chi connectivity index (χ1n) is 2.81. The largest absolute Gasteiger partial charge is 2.00 e. The number of thiocarbonyl (C=S) groups is 1. The van der Waals surface area contributed by atoms with Crippen molar-refractivity contribution in [1.29, 1.82) is 0 Å². The van der Waals surface area contributed by atoms with E-state index in [1.165, 1.54) is 11.8 Å². The number of thioether (sulfide) groups is 1. The van der Waals surface area contributed by atoms with Gasteiger partial charge in [-0.15, -0.1) is 0 Å². The van der Waals surface area contributed by atoms with Crippen LogP contribution in [0, 0.1) is 0 Å². The molecule has 0 unspecified atom stereocenters. The second kappa shape index (κ2) is 6.54. The molecule has 0 aliphatic carbocycles. The Morgan fingerprint density at radius 3 is 2.36 bits per heavy atom. The average Bonchev–Trinajstić information content (AvgIpc) is 1.88. The van der Waals surface area contributed by atoms with Crippen LogP contribution in [0.25, 0.3) is 0 Å². The zero-order valence-electron chi connectivity index (χ0n) is 7.99. The van der Waals surface area contributed by atoms with Crippen molar-refractivity contribution >= 4 is 77.2 Å². The maximum absolute atomic E-state index is 5.32. The molecule has 0 saturated carbocycles. The van der Waals surface area contributed by atoms with Gasteiger partial charge in [0.25, 0.3) is 0 Å². The van der Waals surface area contributed by atoms with Gasteiger partial charge in [0.15, 0.2) is 0 Å². The van der Waals surface area contributed by atoms with Crippen LogP contribution < -0.4 is 5.73 Å². The van der Waals surface area contributed by atoms with Crippen LogP contribution >= 0.6 is 24.0 Å². The van der Waals surface area contributed by atoms with Crippen molar-refractivity contribution in [3.8, 4) is 0 Å². The molecule has 1 aromatic carbocycles. The monoisotopic (exact) mass is 309 g/mol. The zero-order valence-corrected chi connectivity index (χ0v) is 12.1. The van der Waals surface area contributed by atoms with Crippen molar-refractivity contribution in [2.24, 2.45) is 5.73 Å². The second-order valence-corrected chi connectivity index (χ2v) is 3.55. The SMILES string of the molecule is NC(=S)Sc1ccccc1.[Ba+2].[H-].[H-]. The first-order chi connectivity index (χ1) is 4.79. The average molecular weight is 309 g/mol. The minimum Gasteiger partial charge on any atom is -1.00 e. The first-order valence-corrected chi connectivity index (χ1v) is 4.04. The summed E-state index contributed by atoms with van der Waals surface area (Å²) in [6.45, 7) is 0. The minimum absolute atomic E-state index is 0. The topological polar surface area (TPSA) is 26.0 Å². The van der Waals surface area contributed by atoms with Gasteiger partial charge in [0.05, 0.1) is 0 Å². The van der Waals surface area contributed by atoms with E-state index in [-0.39, 0.29) is 51.7 Å². The molecule has 2 N–H and O–H groups in total. The Labute approximate surface area is 119 Å². The Hall–Kier alpha value is 1.03. The molecule has 4 heteroatoms. The Balaban J connectivity index is -0.000000333. The molecular formula is C7H9BaNS2. The van der Waals surface area contributed by atoms with E-state index < -0.39 is 0 Å². The summed E-state index contributed by atoms with van der Waals surface area (Å²) < 4.78 is 0.464. The molecule has 1 rings (SSSR count). The third-order valence-corrected chi connectivity index (χ3v) is 1.92. The van der Waals surface area contributed by atoms with Gasteiger partial charge in [0, 0.05) is 4.90 Å².